The lowest BCUT2D eigenvalue weighted by Crippen LogP contribution is -2.53. The topological polar surface area (TPSA) is 211 Å². The average Bonchev–Trinajstić information content (AvgIpc) is 3.61. The van der Waals surface area contributed by atoms with Gasteiger partial charge >= 0.3 is 11.8 Å². The number of benzene rings is 3. The molecule has 7 rings (SSSR count). The van der Waals surface area contributed by atoms with Gasteiger partial charge in [0.05, 0.1) is 49.3 Å². The van der Waals surface area contributed by atoms with Crippen molar-refractivity contribution < 1.29 is 61.9 Å². The Morgan fingerprint density at radius 2 is 1.66 bits per heavy atom. The second-order valence-corrected chi connectivity index (χ2v) is 19.5. The lowest BCUT2D eigenvalue weighted by molar-refractivity contribution is -0.916. The summed E-state index contributed by atoms with van der Waals surface area (Å²) in [6.07, 6.45) is 9.48. The molecule has 3 N–H and O–H groups in total. The minimum Gasteiger partial charge on any atom is -0.507 e. The molecule has 3 unspecified atom stereocenters. The summed E-state index contributed by atoms with van der Waals surface area (Å²) < 4.78 is 49.3. The maximum absolute atomic E-state index is 14.9. The number of carbonyl (C=O) groups excluding carboxylic acids is 2. The number of morpholine rings is 1. The van der Waals surface area contributed by atoms with Crippen LogP contribution in [0.3, 0.4) is 0 Å². The van der Waals surface area contributed by atoms with Crippen LogP contribution in [0.5, 0.6) is 17.2 Å². The molecule has 7 atom stereocenters. The summed E-state index contributed by atoms with van der Waals surface area (Å²) in [4.78, 5) is 60.1. The molecule has 0 spiro atoms. The second kappa shape index (κ2) is 25.3. The van der Waals surface area contributed by atoms with Crippen LogP contribution in [0.2, 0.25) is 0 Å². The van der Waals surface area contributed by atoms with E-state index in [4.69, 9.17) is 42.6 Å². The highest BCUT2D eigenvalue weighted by molar-refractivity contribution is 6.16. The third-order valence-electron chi connectivity index (χ3n) is 13.6. The molecule has 0 radical (unpaired) electrons. The minimum atomic E-state index is -1.95. The first-order valence-electron chi connectivity index (χ1n) is 25.6. The molecule has 400 valence electrons. The average molecular weight is 1020 g/mol. The van der Waals surface area contributed by atoms with Crippen molar-refractivity contribution in [2.75, 3.05) is 66.0 Å². The lowest BCUT2D eigenvalue weighted by Gasteiger charge is -2.37. The molecule has 3 aromatic carbocycles. The van der Waals surface area contributed by atoms with Crippen LogP contribution in [0, 0.1) is 24.7 Å². The van der Waals surface area contributed by atoms with Crippen LogP contribution in [0.15, 0.2) is 62.3 Å². The molecule has 1 amide bonds. The molecule has 4 heterocycles. The molecule has 1 aromatic heterocycles. The molecule has 17 nitrogen and oxygen atoms in total. The van der Waals surface area contributed by atoms with Gasteiger partial charge in [0.2, 0.25) is 10.9 Å². The number of hydrogen-bond acceptors (Lipinski definition) is 15. The molecule has 3 aliphatic heterocycles. The Morgan fingerprint density at radius 1 is 0.973 bits per heavy atom. The molecule has 1 saturated heterocycles. The van der Waals surface area contributed by atoms with Crippen molar-refractivity contribution in [2.24, 2.45) is 17.8 Å². The van der Waals surface area contributed by atoms with Crippen LogP contribution in [0.1, 0.15) is 100 Å². The van der Waals surface area contributed by atoms with E-state index in [1.165, 1.54) is 52.7 Å². The molecule has 1 fully saturated rings. The number of hydrogen-bond donors (Lipinski definition) is 3. The number of phenolic OH excluding ortho intramolecular Hbond substituents is 1. The maximum Gasteiger partial charge on any atom is 0.307 e. The number of nitrogens with one attached hydrogen (secondary N) is 1. The van der Waals surface area contributed by atoms with Gasteiger partial charge in [-0.05, 0) is 51.0 Å². The fraction of sp³-hybridized carbons (Fsp3) is 0.554. The van der Waals surface area contributed by atoms with E-state index in [-0.39, 0.29) is 78.3 Å². The van der Waals surface area contributed by atoms with E-state index in [9.17, 15) is 29.4 Å². The normalized spacial score (nSPS) is 26.0. The quantitative estimate of drug-likeness (QED) is 0.0652. The van der Waals surface area contributed by atoms with E-state index in [2.05, 4.69) is 40.1 Å². The lowest BCUT2D eigenvalue weighted by atomic mass is 9.84. The fourth-order valence-corrected chi connectivity index (χ4v) is 9.60. The van der Waals surface area contributed by atoms with Gasteiger partial charge in [0, 0.05) is 62.6 Å². The number of aromatic hydroxyl groups is 1. The number of aliphatic hydroxyl groups excluding tert-OH is 1. The Morgan fingerprint density at radius 3 is 2.29 bits per heavy atom. The Labute approximate surface area is 428 Å². The Balaban J connectivity index is 0.00000190. The van der Waals surface area contributed by atoms with Crippen LogP contribution in [-0.4, -0.2) is 116 Å². The zero-order chi connectivity index (χ0) is 53.9. The number of ether oxygens (including phenoxy) is 7. The minimum absolute atomic E-state index is 0.0301. The monoisotopic (exact) mass is 1020 g/mol. The SMILES string of the molecule is CC.CCC.CC[C@H]1C(OC(C)=O)C(OC)C[C@H](C)CC(C)/C=C/C=C(/C)C(=O)Nc2c(=O)c3c(O)c(C)c4c(c3c3nc5c(=O)cc(OCC[N+]6(C)CCOCC6)cc5oc23)=C(O)[C@@](C)(O/C=C/[C@@H]1OC)O4. The highest BCUT2D eigenvalue weighted by Gasteiger charge is 2.44. The third-order valence-corrected chi connectivity index (χ3v) is 13.6. The Bertz CT molecular complexity index is 2890. The van der Waals surface area contributed by atoms with Crippen LogP contribution in [0.4, 0.5) is 5.69 Å². The summed E-state index contributed by atoms with van der Waals surface area (Å²) in [5.74, 6) is -4.13. The number of fused-ring (bicyclic) bond motifs is 2. The maximum atomic E-state index is 14.9. The summed E-state index contributed by atoms with van der Waals surface area (Å²) in [5.41, 5.74) is -1.98. The molecule has 0 aliphatic carbocycles. The van der Waals surface area contributed by atoms with E-state index in [0.717, 1.165) is 24.0 Å². The summed E-state index contributed by atoms with van der Waals surface area (Å²) >= 11 is 0. The number of anilines is 1. The predicted molar refractivity (Wildman–Crippen MR) is 283 cm³/mol. The number of aromatic nitrogens is 1. The van der Waals surface area contributed by atoms with Crippen LogP contribution in [-0.2, 0) is 33.3 Å². The van der Waals surface area contributed by atoms with Gasteiger partial charge in [-0.15, -0.1) is 0 Å². The molecular formula is C56H78N3O14+. The largest absolute Gasteiger partial charge is 0.507 e. The summed E-state index contributed by atoms with van der Waals surface area (Å²) in [5, 5.41) is 26.4. The van der Waals surface area contributed by atoms with Gasteiger partial charge in [0.15, 0.2) is 22.4 Å². The van der Waals surface area contributed by atoms with E-state index < -0.39 is 64.3 Å². The van der Waals surface area contributed by atoms with E-state index >= 15 is 0 Å². The molecule has 4 bridgehead atoms. The van der Waals surface area contributed by atoms with Crippen molar-refractivity contribution in [3.05, 3.63) is 79.5 Å². The fourth-order valence-electron chi connectivity index (χ4n) is 9.60. The summed E-state index contributed by atoms with van der Waals surface area (Å²) in [7, 11) is 5.23. The van der Waals surface area contributed by atoms with E-state index in [1.54, 1.807) is 32.3 Å². The summed E-state index contributed by atoms with van der Waals surface area (Å²) in [6.45, 7) is 24.1. The van der Waals surface area contributed by atoms with Crippen molar-refractivity contribution in [2.45, 2.75) is 126 Å². The predicted octanol–water partition coefficient (Wildman–Crippen LogP) is 8.69. The first-order chi connectivity index (χ1) is 34.7. The number of quaternary nitrogens is 1. The molecule has 73 heavy (non-hydrogen) atoms. The van der Waals surface area contributed by atoms with Crippen LogP contribution in [0.25, 0.3) is 38.7 Å². The number of rotatable bonds is 8. The molecule has 3 aliphatic rings. The zero-order valence-corrected chi connectivity index (χ0v) is 45.3. The first kappa shape index (κ1) is 57.9. The summed E-state index contributed by atoms with van der Waals surface area (Å²) in [6, 6.07) is 2.80. The van der Waals surface area contributed by atoms with Gasteiger partial charge in [-0.25, -0.2) is 4.98 Å². The van der Waals surface area contributed by atoms with Crippen molar-refractivity contribution in [3.8, 4) is 17.2 Å². The molecular weight excluding hydrogens is 939 g/mol. The number of carbonyl (C=O) groups is 2. The van der Waals surface area contributed by atoms with E-state index in [1.807, 2.05) is 26.8 Å². The number of amides is 1. The van der Waals surface area contributed by atoms with Gasteiger partial charge in [0.1, 0.15) is 60.8 Å². The first-order valence-corrected chi connectivity index (χ1v) is 25.6. The number of aliphatic hydroxyl groups is 1. The standard InChI is InChI=1S/C51H63N3O14.C3H8.C2H6/c1-11-33-35(61-9)15-19-65-51(7)49(59)40-38-39(44(57)30(5)46(40)68-51)45(58)43(53-50(60)29(4)14-12-13-27(2)23-28(3)24-37(62-10)47(33)66-31(6)55)48-42(38)52-41-34(56)25-32(26-36(41)67-48)64-22-18-54(8)16-20-63-21-17-54;1-3-2;1-2/h12-15,19,25-28,33,35,37,47H,11,16-18,20-24H2,1-10H3,(H2-,52,53,56,57,58,59,60);3H2,1-2H3;1-2H3/p+1/b13-12+,19-15+,29-14-;;/t27?,28-,33-,35+,37?,47?,51+;;/m1../s1. The number of allylic oxidation sites excluding steroid dienone is 3. The van der Waals surface area contributed by atoms with Gasteiger partial charge in [0.25, 0.3) is 5.91 Å². The number of methoxy groups -OCH3 is 2. The van der Waals surface area contributed by atoms with Gasteiger partial charge < -0.3 is 57.6 Å². The Kier molecular flexibility index (Phi) is 20.1. The smallest absolute Gasteiger partial charge is 0.307 e. The number of phenols is 1. The number of esters is 1. The highest BCUT2D eigenvalue weighted by atomic mass is 16.7. The molecule has 17 heteroatoms. The van der Waals surface area contributed by atoms with Crippen LogP contribution < -0.4 is 30.9 Å². The van der Waals surface area contributed by atoms with Gasteiger partial charge in [-0.3, -0.25) is 19.2 Å². The zero-order valence-electron chi connectivity index (χ0n) is 45.3. The van der Waals surface area contributed by atoms with Crippen molar-refractivity contribution in [1.82, 2.24) is 4.98 Å². The van der Waals surface area contributed by atoms with Gasteiger partial charge in [-0.1, -0.05) is 73.1 Å². The number of nitrogens with zero attached hydrogens (tertiary/aromatic N) is 2. The van der Waals surface area contributed by atoms with Crippen molar-refractivity contribution in [3.63, 3.8) is 0 Å². The number of likely N-dealkylation sites (N-methyl/N-ethyl adjacent to an activating group) is 1. The van der Waals surface area contributed by atoms with Gasteiger partial charge in [-0.2, -0.15) is 0 Å². The Hall–Kier alpha value is -6.01. The van der Waals surface area contributed by atoms with Crippen LogP contribution >= 0.6 is 0 Å². The van der Waals surface area contributed by atoms with Crippen molar-refractivity contribution in [1.29, 1.82) is 0 Å². The molecule has 4 aromatic rings. The van der Waals surface area contributed by atoms with E-state index in [0.29, 0.717) is 39.2 Å². The van der Waals surface area contributed by atoms with Crippen molar-refractivity contribution >= 4 is 56.3 Å². The molecule has 0 saturated carbocycles. The third kappa shape index (κ3) is 12.9. The highest BCUT2D eigenvalue weighted by Crippen LogP contribution is 2.42. The second-order valence-electron chi connectivity index (χ2n) is 19.5.